The first-order valence-corrected chi connectivity index (χ1v) is 4.53. The summed E-state index contributed by atoms with van der Waals surface area (Å²) in [5, 5.41) is 3.88. The molecule has 0 unspecified atom stereocenters. The van der Waals surface area contributed by atoms with Crippen LogP contribution in [0.5, 0.6) is 0 Å². The van der Waals surface area contributed by atoms with E-state index >= 15 is 0 Å². The van der Waals surface area contributed by atoms with Gasteiger partial charge in [-0.2, -0.15) is 0 Å². The Morgan fingerprint density at radius 1 is 1.47 bits per heavy atom. The van der Waals surface area contributed by atoms with E-state index in [0.717, 1.165) is 0 Å². The number of aryl methyl sites for hydroxylation is 1. The highest BCUT2D eigenvalue weighted by Gasteiger charge is 2.11. The van der Waals surface area contributed by atoms with Crippen LogP contribution in [-0.2, 0) is 6.42 Å². The summed E-state index contributed by atoms with van der Waals surface area (Å²) >= 11 is 0. The summed E-state index contributed by atoms with van der Waals surface area (Å²) in [4.78, 5) is 7.66. The molecule has 2 aromatic rings. The third-order valence-corrected chi connectivity index (χ3v) is 2.00. The summed E-state index contributed by atoms with van der Waals surface area (Å²) in [5.74, 6) is -0.00675. The van der Waals surface area contributed by atoms with Crippen LogP contribution in [0.25, 0.3) is 5.82 Å². The number of nitrogens with two attached hydrogens (primary N) is 1. The van der Waals surface area contributed by atoms with E-state index in [9.17, 15) is 4.39 Å². The number of nitrogen functional groups attached to an aromatic ring is 1. The van der Waals surface area contributed by atoms with Crippen molar-refractivity contribution < 1.29 is 4.39 Å². The quantitative estimate of drug-likeness (QED) is 0.795. The van der Waals surface area contributed by atoms with Crippen molar-refractivity contribution in [1.29, 1.82) is 0 Å². The Balaban J connectivity index is 2.53. The lowest BCUT2D eigenvalue weighted by Gasteiger charge is -2.04. The second kappa shape index (κ2) is 3.64. The Labute approximate surface area is 85.8 Å². The second-order valence-corrected chi connectivity index (χ2v) is 3.00. The minimum absolute atomic E-state index is 0.124. The lowest BCUT2D eigenvalue weighted by Crippen LogP contribution is -2.06. The molecule has 5 nitrogen and oxygen atoms in total. The molecule has 0 aliphatic heterocycles. The minimum Gasteiger partial charge on any atom is -0.382 e. The van der Waals surface area contributed by atoms with Crippen molar-refractivity contribution in [3.05, 3.63) is 30.1 Å². The topological polar surface area (TPSA) is 69.6 Å². The van der Waals surface area contributed by atoms with E-state index in [-0.39, 0.29) is 5.82 Å². The fourth-order valence-electron chi connectivity index (χ4n) is 1.26. The first kappa shape index (κ1) is 9.57. The average molecular weight is 207 g/mol. The lowest BCUT2D eigenvalue weighted by atomic mass is 10.3. The van der Waals surface area contributed by atoms with Crippen molar-refractivity contribution >= 4 is 5.82 Å². The second-order valence-electron chi connectivity index (χ2n) is 3.00. The smallest absolute Gasteiger partial charge is 0.193 e. The van der Waals surface area contributed by atoms with Gasteiger partial charge >= 0.3 is 0 Å². The summed E-state index contributed by atoms with van der Waals surface area (Å²) in [6.45, 7) is 1.83. The summed E-state index contributed by atoms with van der Waals surface area (Å²) in [6, 6.07) is 1.58. The molecule has 6 heteroatoms. The third kappa shape index (κ3) is 1.65. The van der Waals surface area contributed by atoms with E-state index in [4.69, 9.17) is 5.73 Å². The van der Waals surface area contributed by atoms with Gasteiger partial charge in [-0.25, -0.2) is 19.0 Å². The van der Waals surface area contributed by atoms with E-state index in [1.54, 1.807) is 12.3 Å². The van der Waals surface area contributed by atoms with Crippen molar-refractivity contribution in [3.8, 4) is 5.82 Å². The Morgan fingerprint density at radius 2 is 2.27 bits per heavy atom. The van der Waals surface area contributed by atoms with Gasteiger partial charge in [0.1, 0.15) is 12.1 Å². The number of hydrogen-bond acceptors (Lipinski definition) is 4. The van der Waals surface area contributed by atoms with Crippen LogP contribution in [-0.4, -0.2) is 19.7 Å². The van der Waals surface area contributed by atoms with Gasteiger partial charge in [-0.3, -0.25) is 0 Å². The molecule has 0 bridgehead atoms. The molecule has 0 amide bonds. The molecule has 2 N–H and O–H groups in total. The van der Waals surface area contributed by atoms with Gasteiger partial charge in [-0.05, 0) is 6.42 Å². The highest BCUT2D eigenvalue weighted by atomic mass is 19.1. The molecule has 0 saturated carbocycles. The fraction of sp³-hybridized carbons (Fsp3) is 0.222. The molecular weight excluding hydrogens is 197 g/mol. The number of hydrogen-bond donors (Lipinski definition) is 1. The van der Waals surface area contributed by atoms with E-state index in [0.29, 0.717) is 17.9 Å². The normalized spacial score (nSPS) is 10.5. The Hall–Kier alpha value is -1.98. The molecule has 0 fully saturated rings. The highest BCUT2D eigenvalue weighted by molar-refractivity contribution is 5.31. The van der Waals surface area contributed by atoms with Crippen LogP contribution in [0.1, 0.15) is 12.6 Å². The van der Waals surface area contributed by atoms with Crippen molar-refractivity contribution in [1.82, 2.24) is 19.7 Å². The Morgan fingerprint density at radius 3 is 2.87 bits per heavy atom. The number of rotatable bonds is 2. The number of anilines is 1. The molecule has 2 aromatic heterocycles. The van der Waals surface area contributed by atoms with Crippen LogP contribution in [0.3, 0.4) is 0 Å². The van der Waals surface area contributed by atoms with Gasteiger partial charge in [0, 0.05) is 12.3 Å². The van der Waals surface area contributed by atoms with Crippen molar-refractivity contribution in [2.45, 2.75) is 13.3 Å². The molecule has 0 aliphatic rings. The van der Waals surface area contributed by atoms with Crippen LogP contribution in [0.2, 0.25) is 0 Å². The van der Waals surface area contributed by atoms with E-state index in [1.165, 1.54) is 11.0 Å². The van der Waals surface area contributed by atoms with E-state index < -0.39 is 5.82 Å². The molecular formula is C9H10FN5. The van der Waals surface area contributed by atoms with Gasteiger partial charge in [0.25, 0.3) is 0 Å². The zero-order valence-corrected chi connectivity index (χ0v) is 8.18. The molecule has 0 spiro atoms. The number of halogens is 1. The number of nitrogens with zero attached hydrogens (tertiary/aromatic N) is 4. The molecule has 0 aromatic carbocycles. The van der Waals surface area contributed by atoms with Gasteiger partial charge < -0.3 is 5.73 Å². The molecule has 0 atom stereocenters. The van der Waals surface area contributed by atoms with Gasteiger partial charge in [0.15, 0.2) is 11.6 Å². The number of aromatic nitrogens is 4. The van der Waals surface area contributed by atoms with Crippen LogP contribution < -0.4 is 5.73 Å². The predicted molar refractivity (Wildman–Crippen MR) is 52.9 cm³/mol. The van der Waals surface area contributed by atoms with Crippen LogP contribution >= 0.6 is 0 Å². The van der Waals surface area contributed by atoms with Crippen LogP contribution in [0.4, 0.5) is 10.2 Å². The summed E-state index contributed by atoms with van der Waals surface area (Å²) in [5.41, 5.74) is 5.81. The predicted octanol–water partition coefficient (Wildman–Crippen LogP) is 0.946. The van der Waals surface area contributed by atoms with Gasteiger partial charge in [0.2, 0.25) is 0 Å². The Kier molecular flexibility index (Phi) is 2.32. The monoisotopic (exact) mass is 207 g/mol. The summed E-state index contributed by atoms with van der Waals surface area (Å²) in [6.07, 6.45) is 3.38. The van der Waals surface area contributed by atoms with Crippen LogP contribution in [0, 0.1) is 5.82 Å². The van der Waals surface area contributed by atoms with Crippen molar-refractivity contribution in [2.75, 3.05) is 5.73 Å². The molecule has 2 rings (SSSR count). The molecule has 15 heavy (non-hydrogen) atoms. The fourth-order valence-corrected chi connectivity index (χ4v) is 1.26. The van der Waals surface area contributed by atoms with Crippen LogP contribution in [0.15, 0.2) is 18.6 Å². The van der Waals surface area contributed by atoms with Gasteiger partial charge in [-0.15, -0.1) is 5.10 Å². The third-order valence-electron chi connectivity index (χ3n) is 2.00. The zero-order valence-electron chi connectivity index (χ0n) is 8.18. The SMILES string of the molecule is CCc1ncnc(-n2ccc(N)n2)c1F. The Bertz CT molecular complexity index is 479. The zero-order chi connectivity index (χ0) is 10.8. The standard InChI is InChI=1S/C9H10FN5/c1-2-6-8(10)9(13-5-12-6)15-4-3-7(11)14-15/h3-5H,2H2,1H3,(H2,11,14). The maximum atomic E-state index is 13.7. The maximum Gasteiger partial charge on any atom is 0.193 e. The van der Waals surface area contributed by atoms with E-state index in [2.05, 4.69) is 15.1 Å². The van der Waals surface area contributed by atoms with Crippen molar-refractivity contribution in [3.63, 3.8) is 0 Å². The molecule has 0 saturated heterocycles. The van der Waals surface area contributed by atoms with Gasteiger partial charge in [0.05, 0.1) is 5.69 Å². The average Bonchev–Trinajstić information content (AvgIpc) is 2.65. The molecule has 0 aliphatic carbocycles. The lowest BCUT2D eigenvalue weighted by molar-refractivity contribution is 0.574. The summed E-state index contributed by atoms with van der Waals surface area (Å²) < 4.78 is 15.0. The summed E-state index contributed by atoms with van der Waals surface area (Å²) in [7, 11) is 0. The van der Waals surface area contributed by atoms with Gasteiger partial charge in [-0.1, -0.05) is 6.92 Å². The minimum atomic E-state index is -0.455. The molecule has 0 radical (unpaired) electrons. The maximum absolute atomic E-state index is 13.7. The first-order chi connectivity index (χ1) is 7.22. The largest absolute Gasteiger partial charge is 0.382 e. The highest BCUT2D eigenvalue weighted by Crippen LogP contribution is 2.12. The van der Waals surface area contributed by atoms with Crippen molar-refractivity contribution in [2.24, 2.45) is 0 Å². The molecule has 78 valence electrons. The molecule has 2 heterocycles. The van der Waals surface area contributed by atoms with E-state index in [1.807, 2.05) is 6.92 Å². The first-order valence-electron chi connectivity index (χ1n) is 4.53.